The summed E-state index contributed by atoms with van der Waals surface area (Å²) in [5.41, 5.74) is 1.42. The maximum absolute atomic E-state index is 13.0. The summed E-state index contributed by atoms with van der Waals surface area (Å²) in [5.74, 6) is -1.21. The number of nitrogens with zero attached hydrogens (tertiary/aromatic N) is 4. The van der Waals surface area contributed by atoms with Crippen LogP contribution >= 0.6 is 0 Å². The Bertz CT molecular complexity index is 1090. The van der Waals surface area contributed by atoms with Gasteiger partial charge in [0.1, 0.15) is 12.1 Å². The van der Waals surface area contributed by atoms with E-state index in [1.807, 2.05) is 33.7 Å². The monoisotopic (exact) mass is 422 g/mol. The Morgan fingerprint density at radius 2 is 1.74 bits per heavy atom. The lowest BCUT2D eigenvalue weighted by atomic mass is 10.0. The summed E-state index contributed by atoms with van der Waals surface area (Å²) in [4.78, 5) is 53.9. The zero-order valence-corrected chi connectivity index (χ0v) is 18.0. The second-order valence-electron chi connectivity index (χ2n) is 8.23. The van der Waals surface area contributed by atoms with Crippen molar-refractivity contribution in [2.45, 2.75) is 38.8 Å². The molecule has 1 aromatic heterocycles. The topological polar surface area (TPSA) is 82.9 Å². The number of para-hydroxylation sites is 1. The Morgan fingerprint density at radius 3 is 2.42 bits per heavy atom. The molecule has 2 saturated heterocycles. The molecule has 0 saturated carbocycles. The predicted molar refractivity (Wildman–Crippen MR) is 116 cm³/mol. The molecule has 0 unspecified atom stereocenters. The van der Waals surface area contributed by atoms with E-state index in [4.69, 9.17) is 0 Å². The maximum Gasteiger partial charge on any atom is 0.333 e. The van der Waals surface area contributed by atoms with Crippen molar-refractivity contribution in [3.63, 3.8) is 0 Å². The van der Waals surface area contributed by atoms with Crippen molar-refractivity contribution in [3.8, 4) is 0 Å². The lowest BCUT2D eigenvalue weighted by Gasteiger charge is -2.33. The molecule has 0 radical (unpaired) electrons. The van der Waals surface area contributed by atoms with Gasteiger partial charge in [-0.3, -0.25) is 24.2 Å². The van der Waals surface area contributed by atoms with E-state index in [1.54, 1.807) is 6.20 Å². The van der Waals surface area contributed by atoms with Crippen molar-refractivity contribution >= 4 is 40.7 Å². The number of urea groups is 1. The van der Waals surface area contributed by atoms with E-state index in [9.17, 15) is 19.2 Å². The third-order valence-corrected chi connectivity index (χ3v) is 6.19. The van der Waals surface area contributed by atoms with E-state index < -0.39 is 17.8 Å². The maximum atomic E-state index is 13.0. The van der Waals surface area contributed by atoms with Crippen LogP contribution in [-0.2, 0) is 20.9 Å². The number of fused-ring (bicyclic) bond motifs is 1. The van der Waals surface area contributed by atoms with Gasteiger partial charge in [-0.25, -0.2) is 4.79 Å². The average Bonchev–Trinajstić information content (AvgIpc) is 3.11. The van der Waals surface area contributed by atoms with Crippen LogP contribution in [0.1, 0.15) is 31.7 Å². The number of hydrogen-bond donors (Lipinski definition) is 0. The predicted octanol–water partition coefficient (Wildman–Crippen LogP) is 2.48. The quantitative estimate of drug-likeness (QED) is 0.562. The summed E-state index contributed by atoms with van der Waals surface area (Å²) in [6.45, 7) is 3.04. The van der Waals surface area contributed by atoms with Crippen LogP contribution in [0.5, 0.6) is 0 Å². The molecule has 2 aliphatic heterocycles. The number of likely N-dealkylation sites (tertiary alicyclic amines) is 1. The highest BCUT2D eigenvalue weighted by Gasteiger charge is 2.38. The number of piperidine rings is 1. The fourth-order valence-corrected chi connectivity index (χ4v) is 4.36. The first kappa shape index (κ1) is 20.8. The Hall–Kier alpha value is -3.42. The zero-order valence-electron chi connectivity index (χ0n) is 18.0. The number of carbonyl (C=O) groups excluding carboxylic acids is 4. The minimum Gasteiger partial charge on any atom is -0.338 e. The van der Waals surface area contributed by atoms with Gasteiger partial charge >= 0.3 is 6.03 Å². The summed E-state index contributed by atoms with van der Waals surface area (Å²) in [6.07, 6.45) is 6.48. The lowest BCUT2D eigenvalue weighted by Crippen LogP contribution is -2.52. The molecule has 162 valence electrons. The molecule has 5 amide bonds. The number of hydrogen-bond acceptors (Lipinski definition) is 4. The number of likely N-dealkylation sites (N-methyl/N-ethyl adjacent to an activating group) is 2. The molecule has 8 heteroatoms. The normalized spacial score (nSPS) is 20.1. The van der Waals surface area contributed by atoms with Gasteiger partial charge in [-0.15, -0.1) is 0 Å². The van der Waals surface area contributed by atoms with Gasteiger partial charge in [0, 0.05) is 49.3 Å². The van der Waals surface area contributed by atoms with Gasteiger partial charge in [0.15, 0.2) is 0 Å². The molecule has 31 heavy (non-hydrogen) atoms. The molecule has 3 heterocycles. The number of benzene rings is 1. The van der Waals surface area contributed by atoms with E-state index in [-0.39, 0.29) is 24.1 Å². The Kier molecular flexibility index (Phi) is 5.39. The van der Waals surface area contributed by atoms with Crippen molar-refractivity contribution < 1.29 is 19.2 Å². The molecule has 2 aliphatic rings. The second-order valence-corrected chi connectivity index (χ2v) is 8.23. The lowest BCUT2D eigenvalue weighted by molar-refractivity contribution is -0.135. The summed E-state index contributed by atoms with van der Waals surface area (Å²) in [7, 11) is 2.70. The van der Waals surface area contributed by atoms with E-state index in [1.165, 1.54) is 20.2 Å². The fraction of sp³-hybridized carbons (Fsp3) is 0.391. The summed E-state index contributed by atoms with van der Waals surface area (Å²) >= 11 is 0. The first-order valence-electron chi connectivity index (χ1n) is 10.5. The number of rotatable bonds is 3. The first-order valence-corrected chi connectivity index (χ1v) is 10.5. The Labute approximate surface area is 180 Å². The minimum absolute atomic E-state index is 0.0574. The van der Waals surface area contributed by atoms with Crippen LogP contribution in [0.15, 0.2) is 36.0 Å². The standard InChI is InChI=1S/C23H26N4O4/c1-15-8-6-7-11-27(15)20(28)14-26-13-16(17-9-4-5-10-19(17)26)12-18-21(29)24(2)23(31)25(3)22(18)30/h4-5,9-10,12-13,15H,6-8,11,14H2,1-3H3/t15-/m0/s1. The van der Waals surface area contributed by atoms with Crippen LogP contribution in [0.3, 0.4) is 0 Å². The van der Waals surface area contributed by atoms with Gasteiger partial charge in [-0.05, 0) is 38.3 Å². The molecular weight excluding hydrogens is 396 g/mol. The SMILES string of the molecule is C[C@H]1CCCCN1C(=O)Cn1cc(C=C2C(=O)N(C)C(=O)N(C)C2=O)c2ccccc21. The van der Waals surface area contributed by atoms with Gasteiger partial charge in [-0.2, -0.15) is 0 Å². The number of aromatic nitrogens is 1. The molecule has 0 N–H and O–H groups in total. The largest absolute Gasteiger partial charge is 0.338 e. The van der Waals surface area contributed by atoms with Gasteiger partial charge < -0.3 is 9.47 Å². The highest BCUT2D eigenvalue weighted by Crippen LogP contribution is 2.26. The van der Waals surface area contributed by atoms with Crippen molar-refractivity contribution in [3.05, 3.63) is 41.6 Å². The van der Waals surface area contributed by atoms with Crippen molar-refractivity contribution in [1.29, 1.82) is 0 Å². The van der Waals surface area contributed by atoms with Crippen molar-refractivity contribution in [1.82, 2.24) is 19.3 Å². The molecular formula is C23H26N4O4. The molecule has 2 fully saturated rings. The third-order valence-electron chi connectivity index (χ3n) is 6.19. The highest BCUT2D eigenvalue weighted by molar-refractivity contribution is 6.31. The molecule has 0 bridgehead atoms. The highest BCUT2D eigenvalue weighted by atomic mass is 16.2. The van der Waals surface area contributed by atoms with Crippen LogP contribution in [0, 0.1) is 0 Å². The molecule has 1 aromatic carbocycles. The zero-order chi connectivity index (χ0) is 22.3. The number of carbonyl (C=O) groups is 4. The fourth-order valence-electron chi connectivity index (χ4n) is 4.36. The average molecular weight is 422 g/mol. The van der Waals surface area contributed by atoms with Crippen molar-refractivity contribution in [2.24, 2.45) is 0 Å². The molecule has 8 nitrogen and oxygen atoms in total. The van der Waals surface area contributed by atoms with Gasteiger partial charge in [0.25, 0.3) is 11.8 Å². The van der Waals surface area contributed by atoms with E-state index in [0.717, 1.165) is 46.5 Å². The molecule has 0 spiro atoms. The molecule has 4 rings (SSSR count). The minimum atomic E-state index is -0.657. The van der Waals surface area contributed by atoms with Crippen LogP contribution in [-0.4, -0.2) is 69.7 Å². The van der Waals surface area contributed by atoms with E-state index in [2.05, 4.69) is 6.92 Å². The van der Waals surface area contributed by atoms with Crippen molar-refractivity contribution in [2.75, 3.05) is 20.6 Å². The number of imide groups is 2. The van der Waals surface area contributed by atoms with Gasteiger partial charge in [-0.1, -0.05) is 18.2 Å². The van der Waals surface area contributed by atoms with Gasteiger partial charge in [0.2, 0.25) is 5.91 Å². The smallest absolute Gasteiger partial charge is 0.333 e. The molecule has 1 atom stereocenters. The number of amides is 5. The van der Waals surface area contributed by atoms with Gasteiger partial charge in [0.05, 0.1) is 0 Å². The van der Waals surface area contributed by atoms with Crippen LogP contribution < -0.4 is 0 Å². The Morgan fingerprint density at radius 1 is 1.06 bits per heavy atom. The van der Waals surface area contributed by atoms with Crippen LogP contribution in [0.2, 0.25) is 0 Å². The molecule has 2 aromatic rings. The van der Waals surface area contributed by atoms with Crippen LogP contribution in [0.4, 0.5) is 4.79 Å². The summed E-state index contributed by atoms with van der Waals surface area (Å²) < 4.78 is 1.86. The summed E-state index contributed by atoms with van der Waals surface area (Å²) in [5, 5.41) is 0.831. The number of barbiturate groups is 1. The van der Waals surface area contributed by atoms with E-state index >= 15 is 0 Å². The summed E-state index contributed by atoms with van der Waals surface area (Å²) in [6, 6.07) is 7.14. The Balaban J connectivity index is 1.71. The third kappa shape index (κ3) is 3.62. The van der Waals surface area contributed by atoms with Crippen LogP contribution in [0.25, 0.3) is 17.0 Å². The first-order chi connectivity index (χ1) is 14.8. The second kappa shape index (κ2) is 8.02. The van der Waals surface area contributed by atoms with E-state index in [0.29, 0.717) is 5.56 Å². The molecule has 0 aliphatic carbocycles.